The van der Waals surface area contributed by atoms with Crippen LogP contribution in [0.5, 0.6) is 0 Å². The number of hydrogen-bond acceptors (Lipinski definition) is 2. The van der Waals surface area contributed by atoms with Crippen LogP contribution < -0.4 is 0 Å². The topological polar surface area (TPSA) is 45.6 Å². The van der Waals surface area contributed by atoms with Crippen LogP contribution in [-0.4, -0.2) is 44.8 Å². The number of amides is 2. The molecule has 0 radical (unpaired) electrons. The van der Waals surface area contributed by atoms with E-state index in [2.05, 4.69) is 54.9 Å². The fourth-order valence-corrected chi connectivity index (χ4v) is 4.85. The van der Waals surface area contributed by atoms with Gasteiger partial charge in [0.2, 0.25) is 11.8 Å². The highest BCUT2D eigenvalue weighted by molar-refractivity contribution is 5.86. The van der Waals surface area contributed by atoms with E-state index in [-0.39, 0.29) is 36.4 Å². The number of nitrogens with zero attached hydrogens (tertiary/aromatic N) is 3. The van der Waals surface area contributed by atoms with Crippen LogP contribution in [0.15, 0.2) is 48.7 Å². The van der Waals surface area contributed by atoms with Crippen molar-refractivity contribution in [2.24, 2.45) is 5.92 Å². The van der Waals surface area contributed by atoms with E-state index in [9.17, 15) is 9.59 Å². The van der Waals surface area contributed by atoms with Crippen LogP contribution in [-0.2, 0) is 22.7 Å². The zero-order valence-corrected chi connectivity index (χ0v) is 19.6. The summed E-state index contributed by atoms with van der Waals surface area (Å²) >= 11 is 0. The zero-order chi connectivity index (χ0) is 22.5. The highest BCUT2D eigenvalue weighted by Gasteiger charge is 2.38. The van der Waals surface area contributed by atoms with Gasteiger partial charge in [0.15, 0.2) is 0 Å². The van der Waals surface area contributed by atoms with Gasteiger partial charge in [0.1, 0.15) is 6.54 Å². The van der Waals surface area contributed by atoms with E-state index in [0.717, 1.165) is 50.8 Å². The van der Waals surface area contributed by atoms with Crippen LogP contribution in [0, 0.1) is 5.92 Å². The molecule has 2 amide bonds. The summed E-state index contributed by atoms with van der Waals surface area (Å²) in [5.74, 6) is 0.396. The molecule has 0 bridgehead atoms. The van der Waals surface area contributed by atoms with Gasteiger partial charge < -0.3 is 14.4 Å². The molecule has 0 aliphatic heterocycles. The van der Waals surface area contributed by atoms with Crippen molar-refractivity contribution < 1.29 is 9.59 Å². The van der Waals surface area contributed by atoms with Crippen molar-refractivity contribution in [2.75, 3.05) is 6.54 Å². The molecule has 32 heavy (non-hydrogen) atoms. The lowest BCUT2D eigenvalue weighted by atomic mass is 9.88. The highest BCUT2D eigenvalue weighted by atomic mass is 16.2. The van der Waals surface area contributed by atoms with Crippen molar-refractivity contribution in [2.45, 2.75) is 84.0 Å². The Balaban J connectivity index is 1.44. The monoisotopic (exact) mass is 435 g/mol. The number of carbonyl (C=O) groups excluding carboxylic acids is 2. The summed E-state index contributed by atoms with van der Waals surface area (Å²) in [7, 11) is 0. The molecule has 5 heteroatoms. The molecule has 0 unspecified atom stereocenters. The quantitative estimate of drug-likeness (QED) is 0.565. The van der Waals surface area contributed by atoms with E-state index in [1.54, 1.807) is 0 Å². The second-order valence-corrected chi connectivity index (χ2v) is 9.76. The minimum atomic E-state index is 0.0588. The lowest BCUT2D eigenvalue weighted by Gasteiger charge is -2.33. The molecule has 2 aromatic rings. The first-order valence-electron chi connectivity index (χ1n) is 12.3. The lowest BCUT2D eigenvalue weighted by molar-refractivity contribution is -0.145. The summed E-state index contributed by atoms with van der Waals surface area (Å²) in [6.07, 6.45) is 9.62. The van der Waals surface area contributed by atoms with Gasteiger partial charge in [0.05, 0.1) is 6.54 Å². The number of hydrogen-bond donors (Lipinski definition) is 0. The molecule has 0 N–H and O–H groups in total. The van der Waals surface area contributed by atoms with Crippen LogP contribution in [0.25, 0.3) is 0 Å². The van der Waals surface area contributed by atoms with Crippen molar-refractivity contribution in [3.05, 3.63) is 59.9 Å². The lowest BCUT2D eigenvalue weighted by Crippen LogP contribution is -2.48. The summed E-state index contributed by atoms with van der Waals surface area (Å²) in [6.45, 7) is 5.70. The Bertz CT molecular complexity index is 895. The second kappa shape index (κ2) is 10.4. The summed E-state index contributed by atoms with van der Waals surface area (Å²) in [5.41, 5.74) is 2.36. The molecule has 1 heterocycles. The van der Waals surface area contributed by atoms with Crippen LogP contribution in [0.2, 0.25) is 0 Å². The smallest absolute Gasteiger partial charge is 0.242 e. The van der Waals surface area contributed by atoms with Crippen LogP contribution in [0.3, 0.4) is 0 Å². The van der Waals surface area contributed by atoms with Crippen molar-refractivity contribution in [3.8, 4) is 0 Å². The molecule has 4 rings (SSSR count). The van der Waals surface area contributed by atoms with Gasteiger partial charge in [-0.2, -0.15) is 0 Å². The van der Waals surface area contributed by atoms with Gasteiger partial charge in [0, 0.05) is 36.4 Å². The Morgan fingerprint density at radius 2 is 1.69 bits per heavy atom. The van der Waals surface area contributed by atoms with E-state index in [4.69, 9.17) is 0 Å². The third-order valence-corrected chi connectivity index (χ3v) is 6.93. The Morgan fingerprint density at radius 1 is 0.969 bits per heavy atom. The molecule has 2 aliphatic rings. The molecule has 2 saturated carbocycles. The van der Waals surface area contributed by atoms with Crippen LogP contribution in [0.1, 0.15) is 70.1 Å². The molecule has 0 atom stereocenters. The number of aromatic nitrogens is 1. The molecule has 172 valence electrons. The fraction of sp³-hybridized carbons (Fsp3) is 0.556. The zero-order valence-electron chi connectivity index (χ0n) is 19.6. The number of rotatable bonds is 9. The minimum absolute atomic E-state index is 0.0588. The minimum Gasteiger partial charge on any atom is -0.345 e. The van der Waals surface area contributed by atoms with Gasteiger partial charge in [-0.15, -0.1) is 0 Å². The average Bonchev–Trinajstić information content (AvgIpc) is 3.56. The number of carbonyl (C=O) groups is 2. The van der Waals surface area contributed by atoms with E-state index in [0.29, 0.717) is 6.54 Å². The molecule has 0 spiro atoms. The molecular weight excluding hydrogens is 398 g/mol. The average molecular weight is 436 g/mol. The van der Waals surface area contributed by atoms with Gasteiger partial charge in [0.25, 0.3) is 0 Å². The number of benzene rings is 1. The van der Waals surface area contributed by atoms with Gasteiger partial charge in [-0.1, -0.05) is 49.6 Å². The first-order chi connectivity index (χ1) is 15.5. The van der Waals surface area contributed by atoms with Gasteiger partial charge >= 0.3 is 0 Å². The second-order valence-electron chi connectivity index (χ2n) is 9.76. The third kappa shape index (κ3) is 5.62. The Hall–Kier alpha value is -2.56. The first kappa shape index (κ1) is 22.6. The molecule has 1 aromatic carbocycles. The Kier molecular flexibility index (Phi) is 7.33. The predicted octanol–water partition coefficient (Wildman–Crippen LogP) is 4.84. The molecule has 2 fully saturated rings. The summed E-state index contributed by atoms with van der Waals surface area (Å²) in [5, 5.41) is 0. The molecule has 5 nitrogen and oxygen atoms in total. The summed E-state index contributed by atoms with van der Waals surface area (Å²) in [6, 6.07) is 14.9. The van der Waals surface area contributed by atoms with Crippen molar-refractivity contribution in [1.29, 1.82) is 0 Å². The van der Waals surface area contributed by atoms with E-state index in [1.165, 1.54) is 12.0 Å². The summed E-state index contributed by atoms with van der Waals surface area (Å²) < 4.78 is 2.21. The summed E-state index contributed by atoms with van der Waals surface area (Å²) in [4.78, 5) is 30.5. The van der Waals surface area contributed by atoms with E-state index >= 15 is 0 Å². The molecular formula is C27H37N3O2. The normalized spacial score (nSPS) is 16.8. The molecule has 2 aliphatic carbocycles. The van der Waals surface area contributed by atoms with Crippen molar-refractivity contribution in [3.63, 3.8) is 0 Å². The van der Waals surface area contributed by atoms with Gasteiger partial charge in [-0.25, -0.2) is 0 Å². The Labute approximate surface area is 192 Å². The van der Waals surface area contributed by atoms with E-state index < -0.39 is 0 Å². The van der Waals surface area contributed by atoms with Gasteiger partial charge in [-0.3, -0.25) is 9.59 Å². The standard InChI is InChI=1S/C27H37N3O2/c1-21(2)29(19-25-14-9-17-28(25)18-22-10-5-3-6-11-22)26(31)20-30(24-15-16-24)27(32)23-12-7-4-8-13-23/h3,5-6,9-11,14,17,21,23-24H,4,7-8,12-13,15-16,18-20H2,1-2H3. The SMILES string of the molecule is CC(C)N(Cc1cccn1Cc1ccccc1)C(=O)CN(C(=O)C1CCCCC1)C1CC1. The third-order valence-electron chi connectivity index (χ3n) is 6.93. The maximum absolute atomic E-state index is 13.4. The first-order valence-corrected chi connectivity index (χ1v) is 12.3. The van der Waals surface area contributed by atoms with Crippen molar-refractivity contribution >= 4 is 11.8 Å². The predicted molar refractivity (Wildman–Crippen MR) is 127 cm³/mol. The molecule has 0 saturated heterocycles. The largest absolute Gasteiger partial charge is 0.345 e. The van der Waals surface area contributed by atoms with E-state index in [1.807, 2.05) is 21.9 Å². The van der Waals surface area contributed by atoms with Crippen LogP contribution in [0.4, 0.5) is 0 Å². The maximum Gasteiger partial charge on any atom is 0.242 e. The van der Waals surface area contributed by atoms with Crippen LogP contribution >= 0.6 is 0 Å². The fourth-order valence-electron chi connectivity index (χ4n) is 4.85. The highest BCUT2D eigenvalue weighted by Crippen LogP contribution is 2.32. The maximum atomic E-state index is 13.4. The van der Waals surface area contributed by atoms with Crippen molar-refractivity contribution in [1.82, 2.24) is 14.4 Å². The Morgan fingerprint density at radius 3 is 2.34 bits per heavy atom. The molecule has 1 aromatic heterocycles. The van der Waals surface area contributed by atoms with Gasteiger partial charge in [-0.05, 0) is 57.2 Å².